The number of hydrogen-bond acceptors (Lipinski definition) is 9. The molecule has 0 saturated carbocycles. The third-order valence-corrected chi connectivity index (χ3v) is 9.50. The zero-order chi connectivity index (χ0) is 42.7. The molecule has 1 aromatic heterocycles. The molecule has 1 aliphatic rings. The van der Waals surface area contributed by atoms with Gasteiger partial charge in [-0.15, -0.1) is 0 Å². The number of aromatic nitrogens is 1. The van der Waals surface area contributed by atoms with E-state index in [-0.39, 0.29) is 25.3 Å². The molecular weight excluding hydrogens is 721 g/mol. The highest BCUT2D eigenvalue weighted by Gasteiger charge is 2.50. The second-order valence-electron chi connectivity index (χ2n) is 13.4. The van der Waals surface area contributed by atoms with Gasteiger partial charge < -0.3 is 38.6 Å². The summed E-state index contributed by atoms with van der Waals surface area (Å²) < 4.78 is 75.5. The topological polar surface area (TPSA) is 121 Å². The van der Waals surface area contributed by atoms with Gasteiger partial charge in [-0.05, 0) is 40.8 Å². The maximum absolute atomic E-state index is 13.1. The van der Waals surface area contributed by atoms with Crippen molar-refractivity contribution in [2.75, 3.05) is 13.2 Å². The summed E-state index contributed by atoms with van der Waals surface area (Å²) in [6.07, 6.45) is -6.03. The van der Waals surface area contributed by atoms with Crippen LogP contribution in [0.1, 0.15) is 52.0 Å². The molecule has 57 heavy (non-hydrogen) atoms. The lowest BCUT2D eigenvalue weighted by Crippen LogP contribution is -2.58. The highest BCUT2D eigenvalue weighted by Crippen LogP contribution is 2.41. The van der Waals surface area contributed by atoms with Crippen molar-refractivity contribution in [1.29, 1.82) is 0 Å². The van der Waals surface area contributed by atoms with E-state index >= 15 is 0 Å². The van der Waals surface area contributed by atoms with Crippen LogP contribution in [0.2, 0.25) is 0 Å². The van der Waals surface area contributed by atoms with Crippen molar-refractivity contribution in [3.8, 4) is 0 Å². The van der Waals surface area contributed by atoms with E-state index in [9.17, 15) is 14.1 Å². The number of hydrogen-bond donors (Lipinski definition) is 2. The fourth-order valence-electron chi connectivity index (χ4n) is 6.77. The first-order valence-corrected chi connectivity index (χ1v) is 18.8. The summed E-state index contributed by atoms with van der Waals surface area (Å²) in [6, 6.07) is 43.3. The number of oxime groups is 1. The molecule has 294 valence electrons. The Morgan fingerprint density at radius 2 is 1.18 bits per heavy atom. The average molecular weight is 773 g/mol. The van der Waals surface area contributed by atoms with Crippen LogP contribution >= 0.6 is 0 Å². The smallest absolute Gasteiger partial charge is 0.356 e. The highest BCUT2D eigenvalue weighted by atomic mass is 16.6. The zero-order valence-corrected chi connectivity index (χ0v) is 31.4. The van der Waals surface area contributed by atoms with Gasteiger partial charge >= 0.3 is 5.97 Å². The van der Waals surface area contributed by atoms with E-state index < -0.39 is 62.8 Å². The molecule has 0 radical (unpaired) electrons. The minimum Gasteiger partial charge on any atom is -0.461 e. The Hall–Kier alpha value is -5.62. The second-order valence-corrected chi connectivity index (χ2v) is 13.4. The molecule has 2 heterocycles. The fraction of sp³-hybridized carbons (Fsp3) is 0.277. The second kappa shape index (κ2) is 20.0. The molecule has 0 amide bonds. The Kier molecular flexibility index (Phi) is 12.1. The van der Waals surface area contributed by atoms with Gasteiger partial charge in [0, 0.05) is 17.3 Å². The van der Waals surface area contributed by atoms with E-state index in [0.29, 0.717) is 44.4 Å². The number of fused-ring (bicyclic) bond motifs is 1. The number of carbonyl (C=O) groups is 1. The first-order chi connectivity index (χ1) is 29.7. The Morgan fingerprint density at radius 3 is 1.72 bits per heavy atom. The van der Waals surface area contributed by atoms with Gasteiger partial charge in [-0.1, -0.05) is 145 Å². The standard InChI is InChI=1S/C47H48N2O8/c1-2-53-47(50)40(49-51)27-38-37-25-15-16-26-39(37)48-42(38)44-46(56-31-36-23-13-6-14-24-36)45(55-30-35-21-11-5-12-22-35)43(54-29-34-19-9-4-10-20-34)41(57-44)32-52-28-33-17-7-3-8-18-33/h3-26,41,43-46,48,51H,2,27-32H2,1H3/t41-,43-,44?,45+,46-/m1/s1/i28D,29D,30D,31D/t28?,29?,30?,31?,41-,43-,44?,45+,46-. The molecule has 7 rings (SSSR count). The SMILES string of the molecule is [2H]C(OC[C@H]1OC(c2[nH]c3ccccc3c2CC(=NO)C(=O)OCC)[C@@H](OC([2H])c2ccccc2)[C@@H](OC([2H])c2ccccc2)[C@@H]1OC([2H])c1ccccc1)c1ccccc1. The number of esters is 1. The number of nitrogens with one attached hydrogen (secondary N) is 1. The van der Waals surface area contributed by atoms with Crippen molar-refractivity contribution < 1.29 is 43.9 Å². The van der Waals surface area contributed by atoms with Crippen molar-refractivity contribution in [1.82, 2.24) is 4.98 Å². The van der Waals surface area contributed by atoms with Crippen LogP contribution in [-0.4, -0.2) is 59.5 Å². The minimum absolute atomic E-state index is 0.0579. The molecule has 5 unspecified atom stereocenters. The van der Waals surface area contributed by atoms with Gasteiger partial charge in [-0.3, -0.25) is 0 Å². The number of carbonyl (C=O) groups excluding carboxylic acids is 1. The Morgan fingerprint density at radius 1 is 0.684 bits per heavy atom. The summed E-state index contributed by atoms with van der Waals surface area (Å²) >= 11 is 0. The Bertz CT molecular complexity index is 2320. The highest BCUT2D eigenvalue weighted by molar-refractivity contribution is 6.37. The van der Waals surface area contributed by atoms with E-state index in [4.69, 9.17) is 29.8 Å². The number of benzene rings is 5. The van der Waals surface area contributed by atoms with E-state index in [1.54, 1.807) is 91.9 Å². The quantitative estimate of drug-likeness (QED) is 0.0386. The summed E-state index contributed by atoms with van der Waals surface area (Å²) in [6.45, 7) is -3.49. The average Bonchev–Trinajstić information content (AvgIpc) is 3.67. The maximum Gasteiger partial charge on any atom is 0.356 e. The Balaban J connectivity index is 1.39. The van der Waals surface area contributed by atoms with E-state index in [2.05, 4.69) is 10.1 Å². The molecule has 10 nitrogen and oxygen atoms in total. The maximum atomic E-state index is 13.1. The van der Waals surface area contributed by atoms with Gasteiger partial charge in [0.15, 0.2) is 5.71 Å². The van der Waals surface area contributed by atoms with Gasteiger partial charge in [-0.25, -0.2) is 4.79 Å². The van der Waals surface area contributed by atoms with Gasteiger partial charge in [0.05, 0.1) is 50.7 Å². The van der Waals surface area contributed by atoms with Crippen LogP contribution in [0.5, 0.6) is 0 Å². The molecule has 1 saturated heterocycles. The third kappa shape index (κ3) is 10.2. The van der Waals surface area contributed by atoms with Gasteiger partial charge in [0.25, 0.3) is 0 Å². The monoisotopic (exact) mass is 772 g/mol. The molecule has 1 fully saturated rings. The summed E-state index contributed by atoms with van der Waals surface area (Å²) in [7, 11) is 0. The van der Waals surface area contributed by atoms with E-state index in [1.807, 2.05) is 60.7 Å². The Labute approximate surface area is 338 Å². The van der Waals surface area contributed by atoms with Crippen molar-refractivity contribution in [2.24, 2.45) is 5.16 Å². The van der Waals surface area contributed by atoms with Crippen LogP contribution in [-0.2, 0) is 66.0 Å². The summed E-state index contributed by atoms with van der Waals surface area (Å²) in [5.74, 6) is -0.806. The molecule has 2 N–H and O–H groups in total. The van der Waals surface area contributed by atoms with Crippen LogP contribution in [0.4, 0.5) is 0 Å². The number of nitrogens with zero attached hydrogens (tertiary/aromatic N) is 1. The van der Waals surface area contributed by atoms with E-state index in [0.717, 1.165) is 0 Å². The van der Waals surface area contributed by atoms with E-state index in [1.165, 1.54) is 0 Å². The van der Waals surface area contributed by atoms with Crippen LogP contribution < -0.4 is 0 Å². The van der Waals surface area contributed by atoms with Crippen LogP contribution in [0.25, 0.3) is 10.9 Å². The van der Waals surface area contributed by atoms with Crippen LogP contribution in [0, 0.1) is 0 Å². The number of H-pyrrole nitrogens is 1. The summed E-state index contributed by atoms with van der Waals surface area (Å²) in [5.41, 5.74) is 3.55. The molecule has 9 atom stereocenters. The lowest BCUT2D eigenvalue weighted by Gasteiger charge is -2.46. The molecule has 10 heteroatoms. The number of rotatable bonds is 18. The molecule has 5 aromatic carbocycles. The molecule has 0 aliphatic carbocycles. The van der Waals surface area contributed by atoms with Crippen molar-refractivity contribution in [3.05, 3.63) is 179 Å². The number of aromatic amines is 1. The zero-order valence-electron chi connectivity index (χ0n) is 35.4. The minimum atomic E-state index is -1.30. The van der Waals surface area contributed by atoms with Gasteiger partial charge in [0.1, 0.15) is 30.5 Å². The van der Waals surface area contributed by atoms with Crippen molar-refractivity contribution in [3.63, 3.8) is 0 Å². The predicted octanol–water partition coefficient (Wildman–Crippen LogP) is 8.52. The predicted molar refractivity (Wildman–Crippen MR) is 217 cm³/mol. The lowest BCUT2D eigenvalue weighted by molar-refractivity contribution is -0.275. The van der Waals surface area contributed by atoms with Gasteiger partial charge in [0.2, 0.25) is 0 Å². The van der Waals surface area contributed by atoms with Crippen molar-refractivity contribution in [2.45, 2.75) is 70.2 Å². The fourth-order valence-corrected chi connectivity index (χ4v) is 6.77. The number of para-hydroxylation sites is 1. The normalized spacial score (nSPS) is 23.0. The molecule has 0 spiro atoms. The molecule has 0 bridgehead atoms. The summed E-state index contributed by atoms with van der Waals surface area (Å²) in [4.78, 5) is 16.5. The molecule has 6 aromatic rings. The molecule has 1 aliphatic heterocycles. The lowest BCUT2D eigenvalue weighted by atomic mass is 9.90. The first-order valence-electron chi connectivity index (χ1n) is 21.2. The summed E-state index contributed by atoms with van der Waals surface area (Å²) in [5, 5.41) is 14.1. The van der Waals surface area contributed by atoms with Crippen molar-refractivity contribution >= 4 is 22.6 Å². The third-order valence-electron chi connectivity index (χ3n) is 9.50. The van der Waals surface area contributed by atoms with Crippen LogP contribution in [0.3, 0.4) is 0 Å². The molecular formula is C47H48N2O8. The number of ether oxygens (including phenoxy) is 6. The van der Waals surface area contributed by atoms with Gasteiger partial charge in [-0.2, -0.15) is 0 Å². The largest absolute Gasteiger partial charge is 0.461 e. The first kappa shape index (κ1) is 34.6. The van der Waals surface area contributed by atoms with Crippen LogP contribution in [0.15, 0.2) is 151 Å².